The molecule has 0 radical (unpaired) electrons. The van der Waals surface area contributed by atoms with Crippen LogP contribution in [0.1, 0.15) is 30.4 Å². The van der Waals surface area contributed by atoms with E-state index in [1.54, 1.807) is 0 Å². The summed E-state index contributed by atoms with van der Waals surface area (Å²) in [5.41, 5.74) is -1.98. The summed E-state index contributed by atoms with van der Waals surface area (Å²) in [6.45, 7) is 0. The quantitative estimate of drug-likeness (QED) is 0.870. The molecule has 1 N–H and O–H groups in total. The van der Waals surface area contributed by atoms with Gasteiger partial charge in [0.05, 0.1) is 12.1 Å². The van der Waals surface area contributed by atoms with Crippen LogP contribution in [0.4, 0.5) is 13.2 Å². The molecule has 1 atom stereocenters. The summed E-state index contributed by atoms with van der Waals surface area (Å²) in [6, 6.07) is 12.3. The van der Waals surface area contributed by atoms with Crippen molar-refractivity contribution in [3.63, 3.8) is 0 Å². The molecule has 1 aliphatic rings. The first kappa shape index (κ1) is 19.0. The topological polar surface area (TPSA) is 65.8 Å². The monoisotopic (exact) mass is 377 g/mol. The van der Waals surface area contributed by atoms with Gasteiger partial charge in [-0.1, -0.05) is 30.3 Å². The summed E-state index contributed by atoms with van der Waals surface area (Å²) in [5.74, 6) is -0.866. The first-order chi connectivity index (χ1) is 12.8. The van der Waals surface area contributed by atoms with E-state index in [0.29, 0.717) is 18.4 Å². The number of aliphatic hydroxyl groups is 1. The molecule has 2 heterocycles. The zero-order chi connectivity index (χ0) is 19.5. The second kappa shape index (κ2) is 7.48. The molecule has 142 valence electrons. The van der Waals surface area contributed by atoms with Crippen molar-refractivity contribution in [1.29, 1.82) is 0 Å². The predicted octanol–water partition coefficient (Wildman–Crippen LogP) is 3.29. The van der Waals surface area contributed by atoms with Gasteiger partial charge in [0, 0.05) is 24.4 Å². The van der Waals surface area contributed by atoms with Crippen LogP contribution in [0.25, 0.3) is 0 Å². The maximum atomic E-state index is 13.5. The normalized spacial score (nSPS) is 19.9. The molecule has 0 saturated heterocycles. The minimum Gasteiger partial charge on any atom is -0.362 e. The molecule has 3 rings (SSSR count). The zero-order valence-corrected chi connectivity index (χ0v) is 14.4. The molecule has 0 aliphatic carbocycles. The van der Waals surface area contributed by atoms with Gasteiger partial charge in [-0.2, -0.15) is 23.3 Å². The van der Waals surface area contributed by atoms with E-state index in [4.69, 9.17) is 0 Å². The summed E-state index contributed by atoms with van der Waals surface area (Å²) in [5, 5.41) is 14.3. The molecule has 1 aliphatic heterocycles. The maximum Gasteiger partial charge on any atom is 0.438 e. The highest BCUT2D eigenvalue weighted by Crippen LogP contribution is 2.41. The maximum absolute atomic E-state index is 13.5. The molecular weight excluding hydrogens is 359 g/mol. The van der Waals surface area contributed by atoms with Gasteiger partial charge >= 0.3 is 6.18 Å². The standard InChI is InChI=1S/C19H18F3N3O2/c20-19(21,22)18(27)13-16(15-9-11-23-12-10-15)24-25(18)17(26)8-4-7-14-5-2-1-3-6-14/h1-3,5-6,9-12,27H,4,7-8,13H2. The van der Waals surface area contributed by atoms with Crippen LogP contribution in [0.3, 0.4) is 0 Å². The average Bonchev–Trinajstić information content (AvgIpc) is 3.02. The molecule has 0 spiro atoms. The van der Waals surface area contributed by atoms with Gasteiger partial charge < -0.3 is 5.11 Å². The number of rotatable bonds is 5. The van der Waals surface area contributed by atoms with Crippen molar-refractivity contribution in [3.05, 3.63) is 66.0 Å². The Morgan fingerprint density at radius 2 is 1.81 bits per heavy atom. The van der Waals surface area contributed by atoms with Crippen molar-refractivity contribution < 1.29 is 23.1 Å². The van der Waals surface area contributed by atoms with E-state index in [2.05, 4.69) is 10.1 Å². The lowest BCUT2D eigenvalue weighted by Crippen LogP contribution is -2.56. The number of amides is 1. The predicted molar refractivity (Wildman–Crippen MR) is 92.6 cm³/mol. The third kappa shape index (κ3) is 4.00. The number of nitrogens with zero attached hydrogens (tertiary/aromatic N) is 3. The van der Waals surface area contributed by atoms with Crippen LogP contribution in [0.2, 0.25) is 0 Å². The highest BCUT2D eigenvalue weighted by atomic mass is 19.4. The molecule has 0 bridgehead atoms. The Morgan fingerprint density at radius 1 is 1.15 bits per heavy atom. The van der Waals surface area contributed by atoms with Gasteiger partial charge in [-0.25, -0.2) is 0 Å². The van der Waals surface area contributed by atoms with Gasteiger partial charge in [0.15, 0.2) is 0 Å². The number of halogens is 3. The molecule has 0 fully saturated rings. The van der Waals surface area contributed by atoms with Crippen molar-refractivity contribution >= 4 is 11.6 Å². The third-order valence-corrected chi connectivity index (χ3v) is 4.39. The molecule has 0 saturated carbocycles. The number of benzene rings is 1. The molecule has 2 aromatic rings. The van der Waals surface area contributed by atoms with Gasteiger partial charge in [0.2, 0.25) is 5.91 Å². The molecule has 1 aromatic carbocycles. The van der Waals surface area contributed by atoms with Gasteiger partial charge in [0.1, 0.15) is 0 Å². The SMILES string of the molecule is O=C(CCCc1ccccc1)N1N=C(c2ccncc2)CC1(O)C(F)(F)F. The summed E-state index contributed by atoms with van der Waals surface area (Å²) < 4.78 is 40.5. The minimum absolute atomic E-state index is 0.00589. The zero-order valence-electron chi connectivity index (χ0n) is 14.4. The lowest BCUT2D eigenvalue weighted by atomic mass is 10.0. The number of hydrogen-bond acceptors (Lipinski definition) is 4. The highest BCUT2D eigenvalue weighted by molar-refractivity contribution is 6.03. The Hall–Kier alpha value is -2.74. The van der Waals surface area contributed by atoms with Crippen molar-refractivity contribution in [3.8, 4) is 0 Å². The first-order valence-electron chi connectivity index (χ1n) is 8.45. The lowest BCUT2D eigenvalue weighted by molar-refractivity contribution is -0.302. The van der Waals surface area contributed by atoms with Gasteiger partial charge in [0.25, 0.3) is 5.72 Å². The van der Waals surface area contributed by atoms with Crippen LogP contribution in [0, 0.1) is 0 Å². The van der Waals surface area contributed by atoms with Crippen LogP contribution in [0.15, 0.2) is 60.0 Å². The van der Waals surface area contributed by atoms with Gasteiger partial charge in [-0.15, -0.1) is 0 Å². The van der Waals surface area contributed by atoms with E-state index >= 15 is 0 Å². The molecule has 1 amide bonds. The highest BCUT2D eigenvalue weighted by Gasteiger charge is 2.63. The Bertz CT molecular complexity index is 825. The number of hydrogen-bond donors (Lipinski definition) is 1. The Balaban J connectivity index is 1.76. The fraction of sp³-hybridized carbons (Fsp3) is 0.316. The summed E-state index contributed by atoms with van der Waals surface area (Å²) in [6.07, 6.45) is -2.27. The molecule has 1 aromatic heterocycles. The first-order valence-corrected chi connectivity index (χ1v) is 8.45. The van der Waals surface area contributed by atoms with E-state index in [-0.39, 0.29) is 17.1 Å². The van der Waals surface area contributed by atoms with Crippen molar-refractivity contribution in [2.45, 2.75) is 37.6 Å². The smallest absolute Gasteiger partial charge is 0.362 e. The van der Waals surface area contributed by atoms with Crippen LogP contribution < -0.4 is 0 Å². The van der Waals surface area contributed by atoms with E-state index in [9.17, 15) is 23.1 Å². The average molecular weight is 377 g/mol. The number of alkyl halides is 3. The number of pyridine rings is 1. The van der Waals surface area contributed by atoms with Crippen LogP contribution in [-0.4, -0.2) is 38.6 Å². The molecule has 8 heteroatoms. The van der Waals surface area contributed by atoms with Crippen LogP contribution in [0.5, 0.6) is 0 Å². The van der Waals surface area contributed by atoms with E-state index in [0.717, 1.165) is 5.56 Å². The number of hydrazone groups is 1. The Morgan fingerprint density at radius 3 is 2.44 bits per heavy atom. The summed E-state index contributed by atoms with van der Waals surface area (Å²) in [7, 11) is 0. The van der Waals surface area contributed by atoms with E-state index in [1.807, 2.05) is 30.3 Å². The summed E-state index contributed by atoms with van der Waals surface area (Å²) >= 11 is 0. The largest absolute Gasteiger partial charge is 0.438 e. The van der Waals surface area contributed by atoms with E-state index < -0.39 is 24.2 Å². The lowest BCUT2D eigenvalue weighted by Gasteiger charge is -2.32. The fourth-order valence-electron chi connectivity index (χ4n) is 2.93. The molecule has 5 nitrogen and oxygen atoms in total. The fourth-order valence-corrected chi connectivity index (χ4v) is 2.93. The number of aryl methyl sites for hydroxylation is 1. The molecular formula is C19H18F3N3O2. The van der Waals surface area contributed by atoms with Crippen LogP contribution >= 0.6 is 0 Å². The van der Waals surface area contributed by atoms with Gasteiger partial charge in [-0.05, 0) is 30.5 Å². The second-order valence-corrected chi connectivity index (χ2v) is 6.32. The minimum atomic E-state index is -5.03. The molecule has 27 heavy (non-hydrogen) atoms. The number of carbonyl (C=O) groups excluding carboxylic acids is 1. The van der Waals surface area contributed by atoms with Crippen molar-refractivity contribution in [1.82, 2.24) is 9.99 Å². The third-order valence-electron chi connectivity index (χ3n) is 4.39. The second-order valence-electron chi connectivity index (χ2n) is 6.32. The summed E-state index contributed by atoms with van der Waals surface area (Å²) in [4.78, 5) is 16.2. The van der Waals surface area contributed by atoms with Crippen LogP contribution in [-0.2, 0) is 11.2 Å². The number of aromatic nitrogens is 1. The number of carbonyl (C=O) groups is 1. The van der Waals surface area contributed by atoms with E-state index in [1.165, 1.54) is 24.5 Å². The Labute approximate surface area is 154 Å². The van der Waals surface area contributed by atoms with Crippen molar-refractivity contribution in [2.24, 2.45) is 5.10 Å². The molecule has 1 unspecified atom stereocenters. The van der Waals surface area contributed by atoms with Crippen molar-refractivity contribution in [2.75, 3.05) is 0 Å². The van der Waals surface area contributed by atoms with Gasteiger partial charge in [-0.3, -0.25) is 9.78 Å². The Kier molecular flexibility index (Phi) is 5.27.